The van der Waals surface area contributed by atoms with E-state index in [1.807, 2.05) is 0 Å². The van der Waals surface area contributed by atoms with Crippen molar-refractivity contribution >= 4 is 15.7 Å². The number of sulfonamides is 1. The maximum atomic E-state index is 12.5. The Morgan fingerprint density at radius 2 is 1.60 bits per heavy atom. The van der Waals surface area contributed by atoms with Crippen molar-refractivity contribution in [2.24, 2.45) is 0 Å². The Bertz CT molecular complexity index is 836. The van der Waals surface area contributed by atoms with Crippen molar-refractivity contribution in [2.45, 2.75) is 5.51 Å². The van der Waals surface area contributed by atoms with E-state index in [0.717, 1.165) is 6.07 Å². The van der Waals surface area contributed by atoms with Gasteiger partial charge in [0.25, 0.3) is 0 Å². The lowest BCUT2D eigenvalue weighted by Crippen LogP contribution is -2.30. The molecule has 0 amide bonds. The first-order valence-corrected chi connectivity index (χ1v) is 7.97. The van der Waals surface area contributed by atoms with Gasteiger partial charge >= 0.3 is 21.5 Å². The zero-order chi connectivity index (χ0) is 18.7. The van der Waals surface area contributed by atoms with Crippen LogP contribution in [0, 0.1) is 0 Å². The van der Waals surface area contributed by atoms with Gasteiger partial charge < -0.3 is 14.2 Å². The molecule has 0 fully saturated rings. The highest BCUT2D eigenvalue weighted by atomic mass is 32.2. The second-order valence-corrected chi connectivity index (χ2v) is 6.06. The standard InChI is InChI=1S/C13H12F3N3O5S/c1-22-10-7-11(23-2)18-12(17-10)24-9-6-4-3-5-8(9)19-25(20,21)13(14,15)16/h3-7,19H,1-2H3. The van der Waals surface area contributed by atoms with Crippen molar-refractivity contribution in [3.63, 3.8) is 0 Å². The Labute approximate surface area is 140 Å². The number of benzene rings is 1. The fourth-order valence-electron chi connectivity index (χ4n) is 1.58. The van der Waals surface area contributed by atoms with Gasteiger partial charge in [0.15, 0.2) is 5.75 Å². The van der Waals surface area contributed by atoms with Gasteiger partial charge in [0.2, 0.25) is 11.8 Å². The van der Waals surface area contributed by atoms with Gasteiger partial charge in [0.05, 0.1) is 26.0 Å². The molecule has 0 aliphatic heterocycles. The Kier molecular flexibility index (Phi) is 5.21. The number of para-hydroxylation sites is 2. The predicted octanol–water partition coefficient (Wildman–Crippen LogP) is 2.55. The number of hydrogen-bond donors (Lipinski definition) is 1. The number of halogens is 3. The van der Waals surface area contributed by atoms with Gasteiger partial charge in [-0.15, -0.1) is 0 Å². The van der Waals surface area contributed by atoms with E-state index in [4.69, 9.17) is 14.2 Å². The molecule has 1 heterocycles. The van der Waals surface area contributed by atoms with Gasteiger partial charge in [-0.3, -0.25) is 4.72 Å². The molecule has 0 unspecified atom stereocenters. The van der Waals surface area contributed by atoms with Gasteiger partial charge in [-0.1, -0.05) is 12.1 Å². The number of nitrogens with one attached hydrogen (secondary N) is 1. The summed E-state index contributed by atoms with van der Waals surface area (Å²) in [6.45, 7) is 0. The van der Waals surface area contributed by atoms with E-state index in [9.17, 15) is 21.6 Å². The third kappa shape index (κ3) is 4.41. The van der Waals surface area contributed by atoms with Crippen molar-refractivity contribution in [2.75, 3.05) is 18.9 Å². The molecule has 25 heavy (non-hydrogen) atoms. The van der Waals surface area contributed by atoms with E-state index in [1.165, 1.54) is 43.2 Å². The van der Waals surface area contributed by atoms with Crippen molar-refractivity contribution < 1.29 is 35.8 Å². The first kappa shape index (κ1) is 18.6. The minimum absolute atomic E-state index is 0.0789. The van der Waals surface area contributed by atoms with Crippen LogP contribution in [0.2, 0.25) is 0 Å². The van der Waals surface area contributed by atoms with E-state index in [-0.39, 0.29) is 23.5 Å². The summed E-state index contributed by atoms with van der Waals surface area (Å²) >= 11 is 0. The van der Waals surface area contributed by atoms with Crippen LogP contribution in [0.5, 0.6) is 23.5 Å². The Balaban J connectivity index is 2.36. The second kappa shape index (κ2) is 7.01. The lowest BCUT2D eigenvalue weighted by Gasteiger charge is -2.14. The summed E-state index contributed by atoms with van der Waals surface area (Å²) in [5.41, 5.74) is -5.92. The summed E-state index contributed by atoms with van der Waals surface area (Å²) in [6, 6.07) is 6.13. The van der Waals surface area contributed by atoms with Crippen molar-refractivity contribution in [3.8, 4) is 23.5 Å². The van der Waals surface area contributed by atoms with Gasteiger partial charge in [-0.05, 0) is 12.1 Å². The van der Waals surface area contributed by atoms with Crippen LogP contribution in [-0.2, 0) is 10.0 Å². The van der Waals surface area contributed by atoms with Crippen LogP contribution in [0.25, 0.3) is 0 Å². The molecule has 1 N–H and O–H groups in total. The van der Waals surface area contributed by atoms with Crippen LogP contribution in [-0.4, -0.2) is 38.1 Å². The third-order valence-electron chi connectivity index (χ3n) is 2.71. The number of alkyl halides is 3. The van der Waals surface area contributed by atoms with E-state index in [1.54, 1.807) is 0 Å². The zero-order valence-corrected chi connectivity index (χ0v) is 13.7. The van der Waals surface area contributed by atoms with Crippen molar-refractivity contribution in [1.29, 1.82) is 0 Å². The highest BCUT2D eigenvalue weighted by Crippen LogP contribution is 2.33. The minimum atomic E-state index is -5.61. The number of nitrogens with zero attached hydrogens (tertiary/aromatic N) is 2. The van der Waals surface area contributed by atoms with E-state index in [0.29, 0.717) is 0 Å². The molecule has 136 valence electrons. The molecule has 0 radical (unpaired) electrons. The molecular weight excluding hydrogens is 367 g/mol. The number of hydrogen-bond acceptors (Lipinski definition) is 7. The van der Waals surface area contributed by atoms with Gasteiger partial charge in [0.1, 0.15) is 0 Å². The van der Waals surface area contributed by atoms with Crippen molar-refractivity contribution in [1.82, 2.24) is 9.97 Å². The first-order chi connectivity index (χ1) is 11.7. The Morgan fingerprint density at radius 3 is 2.12 bits per heavy atom. The Morgan fingerprint density at radius 1 is 1.04 bits per heavy atom. The summed E-state index contributed by atoms with van der Waals surface area (Å²) in [6.07, 6.45) is 0. The highest BCUT2D eigenvalue weighted by molar-refractivity contribution is 7.93. The minimum Gasteiger partial charge on any atom is -0.481 e. The fraction of sp³-hybridized carbons (Fsp3) is 0.231. The maximum Gasteiger partial charge on any atom is 0.516 e. The van der Waals surface area contributed by atoms with Crippen LogP contribution >= 0.6 is 0 Å². The van der Waals surface area contributed by atoms with Crippen LogP contribution in [0.4, 0.5) is 18.9 Å². The average molecular weight is 379 g/mol. The van der Waals surface area contributed by atoms with Crippen LogP contribution in [0.1, 0.15) is 0 Å². The summed E-state index contributed by atoms with van der Waals surface area (Å²) in [5, 5.41) is 0. The molecule has 12 heteroatoms. The summed E-state index contributed by atoms with van der Waals surface area (Å²) < 4.78 is 76.6. The van der Waals surface area contributed by atoms with Gasteiger partial charge in [-0.25, -0.2) is 0 Å². The molecule has 0 aliphatic carbocycles. The number of rotatable bonds is 6. The number of aromatic nitrogens is 2. The lowest BCUT2D eigenvalue weighted by molar-refractivity contribution is -0.0429. The molecule has 0 atom stereocenters. The molecule has 0 saturated heterocycles. The molecule has 0 saturated carbocycles. The molecular formula is C13H12F3N3O5S. The van der Waals surface area contributed by atoms with Gasteiger partial charge in [0, 0.05) is 0 Å². The SMILES string of the molecule is COc1cc(OC)nc(Oc2ccccc2NS(=O)(=O)C(F)(F)F)n1. The second-order valence-electron chi connectivity index (χ2n) is 4.38. The molecule has 2 rings (SSSR count). The van der Waals surface area contributed by atoms with Crippen molar-refractivity contribution in [3.05, 3.63) is 30.3 Å². The van der Waals surface area contributed by atoms with E-state index >= 15 is 0 Å². The van der Waals surface area contributed by atoms with E-state index in [2.05, 4.69) is 9.97 Å². The largest absolute Gasteiger partial charge is 0.516 e. The van der Waals surface area contributed by atoms with Gasteiger partial charge in [-0.2, -0.15) is 31.6 Å². The van der Waals surface area contributed by atoms with Crippen LogP contribution in [0.15, 0.2) is 30.3 Å². The average Bonchev–Trinajstić information content (AvgIpc) is 2.55. The predicted molar refractivity (Wildman–Crippen MR) is 80.2 cm³/mol. The first-order valence-electron chi connectivity index (χ1n) is 6.49. The summed E-state index contributed by atoms with van der Waals surface area (Å²) in [4.78, 5) is 7.69. The summed E-state index contributed by atoms with van der Waals surface area (Å²) in [5.74, 6) is -0.0870. The molecule has 0 aliphatic rings. The number of methoxy groups -OCH3 is 2. The molecule has 0 spiro atoms. The highest BCUT2D eigenvalue weighted by Gasteiger charge is 2.46. The third-order valence-corrected chi connectivity index (χ3v) is 3.81. The monoisotopic (exact) mass is 379 g/mol. The molecule has 1 aromatic carbocycles. The smallest absolute Gasteiger partial charge is 0.481 e. The van der Waals surface area contributed by atoms with Crippen LogP contribution < -0.4 is 18.9 Å². The lowest BCUT2D eigenvalue weighted by atomic mass is 10.3. The number of ether oxygens (including phenoxy) is 3. The fourth-order valence-corrected chi connectivity index (χ4v) is 2.15. The molecule has 8 nitrogen and oxygen atoms in total. The quantitative estimate of drug-likeness (QED) is 0.823. The summed E-state index contributed by atoms with van der Waals surface area (Å²) in [7, 11) is -2.95. The normalized spacial score (nSPS) is 11.7. The zero-order valence-electron chi connectivity index (χ0n) is 12.9. The number of anilines is 1. The molecule has 0 bridgehead atoms. The Hall–Kier alpha value is -2.76. The molecule has 2 aromatic rings. The maximum absolute atomic E-state index is 12.5. The molecule has 1 aromatic heterocycles. The topological polar surface area (TPSA) is 99.6 Å². The van der Waals surface area contributed by atoms with E-state index < -0.39 is 21.2 Å². The van der Waals surface area contributed by atoms with Crippen LogP contribution in [0.3, 0.4) is 0 Å².